The van der Waals surface area contributed by atoms with Crippen LogP contribution in [0.2, 0.25) is 0 Å². The summed E-state index contributed by atoms with van der Waals surface area (Å²) in [7, 11) is -0.556. The standard InChI is InChI=1S/C45H68N2O4S/c1-31(2)34-15-20-45(23-24-46(8)25-26-47-27-29-52(50,51)30-28-47)22-21-43(6)36(39(34)45)13-14-38-42(5)18-16-35(32-9-11-33(12-10-32)40(48)49)41(3,4)37(42)17-19-44(38,43)7/h9-12,16,34,36-39H,1,13-15,17-30H2,2-8H3,(H,48,49)/t34-,36?,37?,38?,39?,42-,43+,44+,45+/m0/s1. The van der Waals surface area contributed by atoms with Gasteiger partial charge in [0.05, 0.1) is 17.1 Å². The number of hydrogen-bond donors (Lipinski definition) is 1. The average molecular weight is 733 g/mol. The minimum atomic E-state index is -2.84. The predicted molar refractivity (Wildman–Crippen MR) is 213 cm³/mol. The van der Waals surface area contributed by atoms with Crippen LogP contribution in [0.1, 0.15) is 122 Å². The SMILES string of the molecule is C=C(C)[C@@H]1CC[C@]2(CCN(C)CCN3CCS(=O)(=O)CC3)CC[C@]3(C)C(CCC4[C@@]5(C)CC=C(c6ccc(C(=O)O)cc6)C(C)(C)C5CC[C@]43C)C12. The fraction of sp³-hybridized carbons (Fsp3) is 0.756. The minimum absolute atomic E-state index is 0.0206. The smallest absolute Gasteiger partial charge is 0.335 e. The Labute approximate surface area is 315 Å². The van der Waals surface area contributed by atoms with Gasteiger partial charge < -0.3 is 14.9 Å². The van der Waals surface area contributed by atoms with Gasteiger partial charge >= 0.3 is 5.97 Å². The predicted octanol–water partition coefficient (Wildman–Crippen LogP) is 9.09. The lowest BCUT2D eigenvalue weighted by Crippen LogP contribution is -2.65. The Balaban J connectivity index is 1.11. The molecule has 1 saturated heterocycles. The molecule has 4 saturated carbocycles. The number of fused-ring (bicyclic) bond motifs is 7. The second kappa shape index (κ2) is 13.4. The molecule has 7 heteroatoms. The first-order valence-corrected chi connectivity index (χ1v) is 22.5. The first-order valence-electron chi connectivity index (χ1n) is 20.7. The van der Waals surface area contributed by atoms with E-state index in [1.807, 2.05) is 12.1 Å². The van der Waals surface area contributed by atoms with Gasteiger partial charge in [-0.05, 0) is 165 Å². The van der Waals surface area contributed by atoms with E-state index in [-0.39, 0.29) is 10.8 Å². The lowest BCUT2D eigenvalue weighted by Gasteiger charge is -2.72. The monoisotopic (exact) mass is 732 g/mol. The molecule has 6 nitrogen and oxygen atoms in total. The Kier molecular flexibility index (Phi) is 9.85. The van der Waals surface area contributed by atoms with Gasteiger partial charge in [0, 0.05) is 26.2 Å². The molecule has 1 aromatic carbocycles. The molecule has 0 aromatic heterocycles. The fourth-order valence-corrected chi connectivity index (χ4v) is 15.7. The molecule has 0 radical (unpaired) electrons. The van der Waals surface area contributed by atoms with Gasteiger partial charge in [-0.25, -0.2) is 13.2 Å². The van der Waals surface area contributed by atoms with E-state index in [0.29, 0.717) is 64.2 Å². The Morgan fingerprint density at radius 2 is 1.60 bits per heavy atom. The maximum absolute atomic E-state index is 11.9. The van der Waals surface area contributed by atoms with E-state index in [1.54, 1.807) is 12.1 Å². The van der Waals surface area contributed by atoms with Gasteiger partial charge in [0.15, 0.2) is 9.84 Å². The number of sulfone groups is 1. The lowest BCUT2D eigenvalue weighted by molar-refractivity contribution is -0.226. The molecular weight excluding hydrogens is 665 g/mol. The fourth-order valence-electron chi connectivity index (χ4n) is 14.4. The number of nitrogens with zero attached hydrogens (tertiary/aromatic N) is 2. The van der Waals surface area contributed by atoms with E-state index in [2.05, 4.69) is 71.0 Å². The van der Waals surface area contributed by atoms with Crippen molar-refractivity contribution in [3.05, 3.63) is 53.6 Å². The van der Waals surface area contributed by atoms with E-state index in [4.69, 9.17) is 0 Å². The third-order valence-corrected chi connectivity index (χ3v) is 19.1. The second-order valence-electron chi connectivity index (χ2n) is 20.0. The number of benzene rings is 1. The van der Waals surface area contributed by atoms with Crippen molar-refractivity contribution < 1.29 is 18.3 Å². The summed E-state index contributed by atoms with van der Waals surface area (Å²) in [5.74, 6) is 3.13. The average Bonchev–Trinajstić information content (AvgIpc) is 3.47. The van der Waals surface area contributed by atoms with Crippen molar-refractivity contribution in [2.24, 2.45) is 56.7 Å². The zero-order valence-electron chi connectivity index (χ0n) is 33.5. The normalized spacial score (nSPS) is 40.9. The van der Waals surface area contributed by atoms with Crippen LogP contribution < -0.4 is 0 Å². The van der Waals surface area contributed by atoms with Crippen LogP contribution in [0.3, 0.4) is 0 Å². The van der Waals surface area contributed by atoms with Crippen LogP contribution >= 0.6 is 0 Å². The highest BCUT2D eigenvalue weighted by atomic mass is 32.2. The van der Waals surface area contributed by atoms with Crippen LogP contribution in [0.5, 0.6) is 0 Å². The van der Waals surface area contributed by atoms with E-state index in [0.717, 1.165) is 37.9 Å². The van der Waals surface area contributed by atoms with Gasteiger partial charge in [-0.1, -0.05) is 65.0 Å². The van der Waals surface area contributed by atoms with E-state index < -0.39 is 15.8 Å². The van der Waals surface area contributed by atoms with Crippen molar-refractivity contribution in [1.29, 1.82) is 0 Å². The van der Waals surface area contributed by atoms with Crippen molar-refractivity contribution in [2.45, 2.75) is 106 Å². The van der Waals surface area contributed by atoms with Gasteiger partial charge in [0.25, 0.3) is 0 Å². The van der Waals surface area contributed by atoms with Crippen LogP contribution in [-0.2, 0) is 9.84 Å². The molecule has 0 amide bonds. The van der Waals surface area contributed by atoms with Crippen LogP contribution in [-0.4, -0.2) is 80.6 Å². The zero-order chi connectivity index (χ0) is 37.5. The molecular formula is C45H68N2O4S. The number of carboxylic acids is 1. The number of carboxylic acid groups (broad SMARTS) is 1. The number of likely N-dealkylation sites (N-methyl/N-ethyl adjacent to an activating group) is 1. The van der Waals surface area contributed by atoms with E-state index >= 15 is 0 Å². The maximum Gasteiger partial charge on any atom is 0.335 e. The summed E-state index contributed by atoms with van der Waals surface area (Å²) in [6.07, 6.45) is 15.5. The molecule has 1 aromatic rings. The highest BCUT2D eigenvalue weighted by Crippen LogP contribution is 2.78. The zero-order valence-corrected chi connectivity index (χ0v) is 34.3. The van der Waals surface area contributed by atoms with Gasteiger partial charge in [0.2, 0.25) is 0 Å². The number of hydrogen-bond acceptors (Lipinski definition) is 5. The molecule has 288 valence electrons. The molecule has 1 heterocycles. The van der Waals surface area contributed by atoms with Crippen LogP contribution in [0.25, 0.3) is 5.57 Å². The van der Waals surface area contributed by atoms with Crippen molar-refractivity contribution >= 4 is 21.4 Å². The van der Waals surface area contributed by atoms with Gasteiger partial charge in [-0.2, -0.15) is 0 Å². The quantitative estimate of drug-likeness (QED) is 0.256. The summed E-state index contributed by atoms with van der Waals surface area (Å²) < 4.78 is 23.9. The molecule has 4 unspecified atom stereocenters. The molecule has 1 N–H and O–H groups in total. The van der Waals surface area contributed by atoms with Gasteiger partial charge in [-0.15, -0.1) is 0 Å². The van der Waals surface area contributed by atoms with Crippen molar-refractivity contribution in [2.75, 3.05) is 51.3 Å². The summed E-state index contributed by atoms with van der Waals surface area (Å²) in [6, 6.07) is 7.62. The Bertz CT molecular complexity index is 1690. The Morgan fingerprint density at radius 3 is 2.25 bits per heavy atom. The molecule has 9 atom stereocenters. The lowest BCUT2D eigenvalue weighted by atomic mass is 9.32. The number of allylic oxidation sites excluding steroid dienone is 3. The molecule has 52 heavy (non-hydrogen) atoms. The summed E-state index contributed by atoms with van der Waals surface area (Å²) in [4.78, 5) is 16.5. The van der Waals surface area contributed by atoms with Crippen LogP contribution in [0, 0.1) is 56.7 Å². The van der Waals surface area contributed by atoms with E-state index in [1.165, 1.54) is 74.5 Å². The molecule has 5 aliphatic carbocycles. The summed E-state index contributed by atoms with van der Waals surface area (Å²) >= 11 is 0. The Hall–Kier alpha value is -1.96. The first-order chi connectivity index (χ1) is 24.4. The minimum Gasteiger partial charge on any atom is -0.478 e. The molecule has 1 aliphatic heterocycles. The summed E-state index contributed by atoms with van der Waals surface area (Å²) in [5, 5.41) is 9.51. The van der Waals surface area contributed by atoms with Crippen LogP contribution in [0.4, 0.5) is 0 Å². The van der Waals surface area contributed by atoms with Crippen LogP contribution in [0.15, 0.2) is 42.5 Å². The van der Waals surface area contributed by atoms with Gasteiger partial charge in [-0.3, -0.25) is 0 Å². The topological polar surface area (TPSA) is 77.9 Å². The molecule has 5 fully saturated rings. The first kappa shape index (κ1) is 38.3. The van der Waals surface area contributed by atoms with Crippen molar-refractivity contribution in [3.63, 3.8) is 0 Å². The molecule has 0 spiro atoms. The van der Waals surface area contributed by atoms with E-state index in [9.17, 15) is 18.3 Å². The molecule has 6 aliphatic rings. The highest BCUT2D eigenvalue weighted by Gasteiger charge is 2.70. The van der Waals surface area contributed by atoms with Crippen molar-refractivity contribution in [3.8, 4) is 0 Å². The molecule has 0 bridgehead atoms. The van der Waals surface area contributed by atoms with Gasteiger partial charge in [0.1, 0.15) is 0 Å². The van der Waals surface area contributed by atoms with Crippen molar-refractivity contribution in [1.82, 2.24) is 9.80 Å². The Morgan fingerprint density at radius 1 is 0.904 bits per heavy atom. The summed E-state index contributed by atoms with van der Waals surface area (Å²) in [6.45, 7) is 24.5. The number of aromatic carboxylic acids is 1. The second-order valence-corrected chi connectivity index (χ2v) is 22.3. The largest absolute Gasteiger partial charge is 0.478 e. The maximum atomic E-state index is 11.9. The third-order valence-electron chi connectivity index (χ3n) is 17.5. The molecule has 7 rings (SSSR count). The number of carbonyl (C=O) groups is 1. The highest BCUT2D eigenvalue weighted by molar-refractivity contribution is 7.91. The number of rotatable bonds is 9. The third kappa shape index (κ3) is 6.10. The summed E-state index contributed by atoms with van der Waals surface area (Å²) in [5.41, 5.74) is 5.64.